The van der Waals surface area contributed by atoms with Crippen molar-refractivity contribution in [1.82, 2.24) is 9.36 Å². The summed E-state index contributed by atoms with van der Waals surface area (Å²) in [5, 5.41) is 1.11. The van der Waals surface area contributed by atoms with Gasteiger partial charge >= 0.3 is 0 Å². The standard InChI is InChI=1S/C15H22N4S/c16-9-4-7-13(8-10-17)15-18-14(19-20-15)11-12-5-2-1-3-6-12/h1-3,5-6,13H,4,7-11,16-17H2. The van der Waals surface area contributed by atoms with Crippen LogP contribution in [0.1, 0.15) is 41.6 Å². The molecule has 1 atom stereocenters. The van der Waals surface area contributed by atoms with E-state index in [-0.39, 0.29) is 0 Å². The highest BCUT2D eigenvalue weighted by molar-refractivity contribution is 7.05. The van der Waals surface area contributed by atoms with E-state index in [9.17, 15) is 0 Å². The molecule has 4 N–H and O–H groups in total. The smallest absolute Gasteiger partial charge is 0.146 e. The summed E-state index contributed by atoms with van der Waals surface area (Å²) in [5.41, 5.74) is 12.5. The molecule has 0 aliphatic rings. The summed E-state index contributed by atoms with van der Waals surface area (Å²) in [4.78, 5) is 4.69. The van der Waals surface area contributed by atoms with E-state index < -0.39 is 0 Å². The normalized spacial score (nSPS) is 12.5. The van der Waals surface area contributed by atoms with Crippen molar-refractivity contribution in [3.05, 3.63) is 46.7 Å². The highest BCUT2D eigenvalue weighted by atomic mass is 32.1. The van der Waals surface area contributed by atoms with E-state index in [1.165, 1.54) is 17.1 Å². The third-order valence-electron chi connectivity index (χ3n) is 3.31. The quantitative estimate of drug-likeness (QED) is 0.782. The van der Waals surface area contributed by atoms with E-state index in [0.717, 1.165) is 43.1 Å². The number of nitrogens with zero attached hydrogens (tertiary/aromatic N) is 2. The average Bonchev–Trinajstić information content (AvgIpc) is 2.93. The molecule has 1 heterocycles. The van der Waals surface area contributed by atoms with Crippen molar-refractivity contribution >= 4 is 11.5 Å². The van der Waals surface area contributed by atoms with Gasteiger partial charge in [-0.15, -0.1) is 0 Å². The summed E-state index contributed by atoms with van der Waals surface area (Å²) in [6.07, 6.45) is 3.81. The van der Waals surface area contributed by atoms with Crippen LogP contribution in [0.3, 0.4) is 0 Å². The van der Waals surface area contributed by atoms with Gasteiger partial charge in [-0.1, -0.05) is 30.3 Å². The van der Waals surface area contributed by atoms with Crippen molar-refractivity contribution in [2.24, 2.45) is 11.5 Å². The largest absolute Gasteiger partial charge is 0.330 e. The average molecular weight is 290 g/mol. The van der Waals surface area contributed by atoms with Crippen LogP contribution in [0, 0.1) is 0 Å². The summed E-state index contributed by atoms with van der Waals surface area (Å²) in [7, 11) is 0. The van der Waals surface area contributed by atoms with E-state index in [1.54, 1.807) is 0 Å². The number of hydrogen-bond acceptors (Lipinski definition) is 5. The second-order valence-corrected chi connectivity index (χ2v) is 5.70. The molecule has 0 amide bonds. The second-order valence-electron chi connectivity index (χ2n) is 4.92. The molecule has 20 heavy (non-hydrogen) atoms. The van der Waals surface area contributed by atoms with Crippen molar-refractivity contribution < 1.29 is 0 Å². The Morgan fingerprint density at radius 1 is 1.05 bits per heavy atom. The van der Waals surface area contributed by atoms with Gasteiger partial charge in [-0.05, 0) is 49.4 Å². The molecule has 108 valence electrons. The molecule has 0 aliphatic heterocycles. The lowest BCUT2D eigenvalue weighted by molar-refractivity contribution is 0.559. The van der Waals surface area contributed by atoms with Crippen LogP contribution in [0.4, 0.5) is 0 Å². The molecule has 1 aromatic heterocycles. The monoisotopic (exact) mass is 290 g/mol. The van der Waals surface area contributed by atoms with Gasteiger partial charge in [0.2, 0.25) is 0 Å². The molecule has 4 nitrogen and oxygen atoms in total. The summed E-state index contributed by atoms with van der Waals surface area (Å²) >= 11 is 1.51. The fourth-order valence-electron chi connectivity index (χ4n) is 2.24. The maximum absolute atomic E-state index is 5.69. The summed E-state index contributed by atoms with van der Waals surface area (Å²) in [5.74, 6) is 1.32. The summed E-state index contributed by atoms with van der Waals surface area (Å²) in [6.45, 7) is 1.40. The summed E-state index contributed by atoms with van der Waals surface area (Å²) in [6, 6.07) is 10.3. The first-order valence-electron chi connectivity index (χ1n) is 7.10. The molecule has 0 aliphatic carbocycles. The molecule has 1 aromatic carbocycles. The van der Waals surface area contributed by atoms with Crippen molar-refractivity contribution in [2.75, 3.05) is 13.1 Å². The van der Waals surface area contributed by atoms with Gasteiger partial charge in [-0.25, -0.2) is 4.98 Å². The molecular weight excluding hydrogens is 268 g/mol. The van der Waals surface area contributed by atoms with Crippen LogP contribution < -0.4 is 11.5 Å². The maximum Gasteiger partial charge on any atom is 0.146 e. The van der Waals surface area contributed by atoms with Crippen molar-refractivity contribution in [1.29, 1.82) is 0 Å². The van der Waals surface area contributed by atoms with Crippen molar-refractivity contribution in [3.8, 4) is 0 Å². The van der Waals surface area contributed by atoms with Gasteiger partial charge in [0, 0.05) is 12.3 Å². The lowest BCUT2D eigenvalue weighted by atomic mass is 10.0. The molecule has 0 bridgehead atoms. The Morgan fingerprint density at radius 3 is 2.55 bits per heavy atom. The molecule has 1 unspecified atom stereocenters. The Morgan fingerprint density at radius 2 is 1.85 bits per heavy atom. The Kier molecular flexibility index (Phi) is 6.11. The topological polar surface area (TPSA) is 77.8 Å². The molecule has 0 fully saturated rings. The van der Waals surface area contributed by atoms with Gasteiger partial charge in [-0.2, -0.15) is 4.37 Å². The fourth-order valence-corrected chi connectivity index (χ4v) is 3.08. The van der Waals surface area contributed by atoms with E-state index in [0.29, 0.717) is 12.5 Å². The van der Waals surface area contributed by atoms with Crippen LogP contribution in [-0.4, -0.2) is 22.4 Å². The molecule has 0 spiro atoms. The lowest BCUT2D eigenvalue weighted by Gasteiger charge is -2.11. The first kappa shape index (κ1) is 15.1. The van der Waals surface area contributed by atoms with Gasteiger partial charge in [-0.3, -0.25) is 0 Å². The van der Waals surface area contributed by atoms with E-state index >= 15 is 0 Å². The number of nitrogens with two attached hydrogens (primary N) is 2. The first-order valence-corrected chi connectivity index (χ1v) is 7.87. The highest BCUT2D eigenvalue weighted by Gasteiger charge is 2.15. The highest BCUT2D eigenvalue weighted by Crippen LogP contribution is 2.26. The van der Waals surface area contributed by atoms with Crippen LogP contribution in [0.25, 0.3) is 0 Å². The first-order chi connectivity index (χ1) is 9.83. The minimum atomic E-state index is 0.408. The van der Waals surface area contributed by atoms with E-state index in [2.05, 4.69) is 21.5 Å². The zero-order valence-corrected chi connectivity index (χ0v) is 12.5. The molecule has 2 aromatic rings. The minimum absolute atomic E-state index is 0.408. The predicted octanol–water partition coefficient (Wildman–Crippen LogP) is 2.30. The lowest BCUT2D eigenvalue weighted by Crippen LogP contribution is -2.09. The molecular formula is C15H22N4S. The fraction of sp³-hybridized carbons (Fsp3) is 0.467. The Bertz CT molecular complexity index is 498. The number of rotatable bonds is 8. The molecule has 5 heteroatoms. The number of aromatic nitrogens is 2. The molecule has 0 saturated heterocycles. The molecule has 0 radical (unpaired) electrons. The van der Waals surface area contributed by atoms with Gasteiger partial charge < -0.3 is 11.5 Å². The van der Waals surface area contributed by atoms with Crippen LogP contribution in [0.2, 0.25) is 0 Å². The van der Waals surface area contributed by atoms with Crippen molar-refractivity contribution in [2.45, 2.75) is 31.6 Å². The van der Waals surface area contributed by atoms with Crippen LogP contribution in [0.5, 0.6) is 0 Å². The zero-order chi connectivity index (χ0) is 14.2. The summed E-state index contributed by atoms with van der Waals surface area (Å²) < 4.78 is 4.48. The molecule has 2 rings (SSSR count). The van der Waals surface area contributed by atoms with Gasteiger partial charge in [0.05, 0.1) is 0 Å². The SMILES string of the molecule is NCCCC(CCN)c1nc(Cc2ccccc2)ns1. The third kappa shape index (κ3) is 4.37. The van der Waals surface area contributed by atoms with Crippen molar-refractivity contribution in [3.63, 3.8) is 0 Å². The predicted molar refractivity (Wildman–Crippen MR) is 83.9 cm³/mol. The number of benzene rings is 1. The Labute approximate surface area is 124 Å². The number of hydrogen-bond donors (Lipinski definition) is 2. The second kappa shape index (κ2) is 8.09. The Balaban J connectivity index is 2.02. The van der Waals surface area contributed by atoms with Crippen LogP contribution >= 0.6 is 11.5 Å². The van der Waals surface area contributed by atoms with Gasteiger partial charge in [0.15, 0.2) is 0 Å². The van der Waals surface area contributed by atoms with Crippen LogP contribution in [0.15, 0.2) is 30.3 Å². The maximum atomic E-state index is 5.69. The van der Waals surface area contributed by atoms with Gasteiger partial charge in [0.1, 0.15) is 10.8 Å². The zero-order valence-electron chi connectivity index (χ0n) is 11.7. The van der Waals surface area contributed by atoms with E-state index in [4.69, 9.17) is 11.5 Å². The van der Waals surface area contributed by atoms with E-state index in [1.807, 2.05) is 18.2 Å². The third-order valence-corrected chi connectivity index (χ3v) is 4.22. The Hall–Kier alpha value is -1.30. The van der Waals surface area contributed by atoms with Gasteiger partial charge in [0.25, 0.3) is 0 Å². The van der Waals surface area contributed by atoms with Crippen LogP contribution in [-0.2, 0) is 6.42 Å². The minimum Gasteiger partial charge on any atom is -0.330 e. The molecule has 0 saturated carbocycles.